The topological polar surface area (TPSA) is 59.4 Å². The van der Waals surface area contributed by atoms with Crippen LogP contribution in [0.1, 0.15) is 64.3 Å². The Balaban J connectivity index is 1.80. The Bertz CT molecular complexity index is 1230. The van der Waals surface area contributed by atoms with E-state index < -0.39 is 0 Å². The lowest BCUT2D eigenvalue weighted by molar-refractivity contribution is -0.140. The Hall–Kier alpha value is -3.19. The highest BCUT2D eigenvalue weighted by molar-refractivity contribution is 7.80. The van der Waals surface area contributed by atoms with Crippen molar-refractivity contribution in [3.8, 4) is 5.69 Å². The third-order valence-electron chi connectivity index (χ3n) is 6.85. The summed E-state index contributed by atoms with van der Waals surface area (Å²) in [5.74, 6) is -0.204. The molecule has 0 bridgehead atoms. The molecule has 7 heteroatoms. The number of carbonyl (C=O) groups is 1. The molecule has 0 saturated carbocycles. The molecule has 4 rings (SSSR count). The predicted octanol–water partition coefficient (Wildman–Crippen LogP) is 5.34. The fourth-order valence-corrected chi connectivity index (χ4v) is 5.77. The molecule has 0 spiro atoms. The van der Waals surface area contributed by atoms with Gasteiger partial charge in [-0.25, -0.2) is 0 Å². The third-order valence-corrected chi connectivity index (χ3v) is 7.21. The van der Waals surface area contributed by atoms with Gasteiger partial charge >= 0.3 is 5.97 Å². The van der Waals surface area contributed by atoms with Crippen molar-refractivity contribution in [2.24, 2.45) is 0 Å². The summed E-state index contributed by atoms with van der Waals surface area (Å²) in [6.07, 6.45) is 2.84. The predicted molar refractivity (Wildman–Crippen MR) is 143 cm³/mol. The van der Waals surface area contributed by atoms with Crippen LogP contribution in [0.15, 0.2) is 42.6 Å². The van der Waals surface area contributed by atoms with Gasteiger partial charge in [0, 0.05) is 30.6 Å². The Labute approximate surface area is 213 Å². The number of hydrogen-bond acceptors (Lipinski definition) is 4. The largest absolute Gasteiger partial charge is 0.469 e. The van der Waals surface area contributed by atoms with Crippen LogP contribution in [0.4, 0.5) is 0 Å². The molecule has 184 valence electrons. The van der Waals surface area contributed by atoms with Crippen LogP contribution < -0.4 is 5.32 Å². The minimum absolute atomic E-state index is 0.0407. The molecule has 3 heterocycles. The van der Waals surface area contributed by atoms with Crippen molar-refractivity contribution in [3.05, 3.63) is 81.9 Å². The van der Waals surface area contributed by atoms with Gasteiger partial charge in [0.15, 0.2) is 5.11 Å². The maximum absolute atomic E-state index is 11.7. The molecule has 1 aromatic carbocycles. The summed E-state index contributed by atoms with van der Waals surface area (Å²) in [5.41, 5.74) is 9.54. The smallest absolute Gasteiger partial charge is 0.305 e. The van der Waals surface area contributed by atoms with Crippen LogP contribution in [0.25, 0.3) is 5.69 Å². The van der Waals surface area contributed by atoms with Gasteiger partial charge in [-0.1, -0.05) is 23.8 Å². The zero-order valence-corrected chi connectivity index (χ0v) is 22.2. The number of aryl methyl sites for hydroxylation is 4. The number of ether oxygens (including phenoxy) is 1. The van der Waals surface area contributed by atoms with E-state index in [1.54, 1.807) is 0 Å². The summed E-state index contributed by atoms with van der Waals surface area (Å²) < 4.78 is 7.21. The number of carbonyl (C=O) groups excluding carboxylic acids is 1. The monoisotopic (exact) mass is 490 g/mol. The van der Waals surface area contributed by atoms with Crippen LogP contribution in [-0.4, -0.2) is 39.2 Å². The average Bonchev–Trinajstić information content (AvgIpc) is 3.29. The van der Waals surface area contributed by atoms with E-state index in [4.69, 9.17) is 17.0 Å². The van der Waals surface area contributed by atoms with Crippen LogP contribution in [0.5, 0.6) is 0 Å². The highest BCUT2D eigenvalue weighted by atomic mass is 32.1. The summed E-state index contributed by atoms with van der Waals surface area (Å²) in [4.78, 5) is 18.6. The molecule has 1 saturated heterocycles. The summed E-state index contributed by atoms with van der Waals surface area (Å²) >= 11 is 5.80. The van der Waals surface area contributed by atoms with Crippen LogP contribution in [0.3, 0.4) is 0 Å². The minimum atomic E-state index is -0.204. The molecule has 6 nitrogen and oxygen atoms in total. The Morgan fingerprint density at radius 2 is 1.83 bits per heavy atom. The Morgan fingerprint density at radius 3 is 2.46 bits per heavy atom. The van der Waals surface area contributed by atoms with Gasteiger partial charge in [-0.05, 0) is 88.1 Å². The number of nitrogens with zero attached hydrogens (tertiary/aromatic N) is 3. The molecule has 0 amide bonds. The van der Waals surface area contributed by atoms with Gasteiger partial charge in [0.05, 0.1) is 30.6 Å². The first-order chi connectivity index (χ1) is 16.7. The quantitative estimate of drug-likeness (QED) is 0.356. The van der Waals surface area contributed by atoms with E-state index in [1.165, 1.54) is 46.4 Å². The number of aromatic nitrogens is 2. The number of rotatable bonds is 7. The van der Waals surface area contributed by atoms with E-state index >= 15 is 0 Å². The first-order valence-electron chi connectivity index (χ1n) is 12.0. The van der Waals surface area contributed by atoms with E-state index in [-0.39, 0.29) is 18.1 Å². The molecule has 35 heavy (non-hydrogen) atoms. The molecular formula is C28H34N4O2S. The Kier molecular flexibility index (Phi) is 7.26. The fraction of sp³-hybridized carbons (Fsp3) is 0.393. The van der Waals surface area contributed by atoms with Crippen molar-refractivity contribution in [1.29, 1.82) is 0 Å². The summed E-state index contributed by atoms with van der Waals surface area (Å²) in [5, 5.41) is 4.20. The second-order valence-corrected chi connectivity index (χ2v) is 9.80. The molecule has 1 aliphatic rings. The van der Waals surface area contributed by atoms with Crippen LogP contribution in [0, 0.1) is 34.6 Å². The van der Waals surface area contributed by atoms with Crippen molar-refractivity contribution < 1.29 is 9.53 Å². The van der Waals surface area contributed by atoms with Crippen molar-refractivity contribution >= 4 is 23.3 Å². The normalized spacial score (nSPS) is 17.5. The van der Waals surface area contributed by atoms with Gasteiger partial charge in [-0.2, -0.15) is 0 Å². The second kappa shape index (κ2) is 10.2. The SMILES string of the molecule is COC(=O)CCCN1C(=S)NC(c2ccccn2)C1c1cc(C)n(-c2c(C)cc(C)cc2C)c1C. The van der Waals surface area contributed by atoms with Gasteiger partial charge in [0.1, 0.15) is 0 Å². The molecule has 1 aliphatic heterocycles. The standard InChI is InChI=1S/C28H34N4O2S/c1-17-14-18(2)26(19(3)15-17)32-20(4)16-22(21(32)5)27-25(23-10-7-8-12-29-23)30-28(35)31(27)13-9-11-24(33)34-6/h7-8,10,12,14-16,25,27H,9,11,13H2,1-6H3,(H,30,35). The first kappa shape index (κ1) is 24.9. The fourth-order valence-electron chi connectivity index (χ4n) is 5.44. The number of esters is 1. The summed E-state index contributed by atoms with van der Waals surface area (Å²) in [7, 11) is 1.42. The molecule has 2 aromatic heterocycles. The van der Waals surface area contributed by atoms with Crippen molar-refractivity contribution in [3.63, 3.8) is 0 Å². The maximum atomic E-state index is 11.7. The molecule has 1 N–H and O–H groups in total. The number of nitrogens with one attached hydrogen (secondary N) is 1. The molecular weight excluding hydrogens is 456 g/mol. The van der Waals surface area contributed by atoms with Gasteiger partial charge in [-0.15, -0.1) is 0 Å². The summed E-state index contributed by atoms with van der Waals surface area (Å²) in [6.45, 7) is 11.5. The number of pyridine rings is 1. The lowest BCUT2D eigenvalue weighted by Gasteiger charge is -2.28. The number of benzene rings is 1. The molecule has 1 fully saturated rings. The van der Waals surface area contributed by atoms with Crippen molar-refractivity contribution in [2.45, 2.75) is 59.5 Å². The summed E-state index contributed by atoms with van der Waals surface area (Å²) in [6, 6.07) is 12.6. The minimum Gasteiger partial charge on any atom is -0.469 e. The molecule has 0 aliphatic carbocycles. The van der Waals surface area contributed by atoms with Crippen LogP contribution in [-0.2, 0) is 9.53 Å². The Morgan fingerprint density at radius 1 is 1.11 bits per heavy atom. The number of thiocarbonyl (C=S) groups is 1. The average molecular weight is 491 g/mol. The van der Waals surface area contributed by atoms with Crippen molar-refractivity contribution in [2.75, 3.05) is 13.7 Å². The van der Waals surface area contributed by atoms with E-state index in [1.807, 2.05) is 24.4 Å². The van der Waals surface area contributed by atoms with Gasteiger partial charge in [0.2, 0.25) is 0 Å². The zero-order valence-electron chi connectivity index (χ0n) is 21.4. The number of methoxy groups -OCH3 is 1. The van der Waals surface area contributed by atoms with E-state index in [2.05, 4.69) is 72.6 Å². The highest BCUT2D eigenvalue weighted by Crippen LogP contribution is 2.42. The van der Waals surface area contributed by atoms with Crippen molar-refractivity contribution in [1.82, 2.24) is 19.8 Å². The van der Waals surface area contributed by atoms with E-state index in [0.717, 1.165) is 5.69 Å². The van der Waals surface area contributed by atoms with Crippen LogP contribution >= 0.6 is 12.2 Å². The van der Waals surface area contributed by atoms with Gasteiger partial charge in [-0.3, -0.25) is 9.78 Å². The molecule has 0 radical (unpaired) electrons. The molecule has 2 atom stereocenters. The van der Waals surface area contributed by atoms with Crippen LogP contribution in [0.2, 0.25) is 0 Å². The molecule has 3 aromatic rings. The second-order valence-electron chi connectivity index (χ2n) is 9.41. The lowest BCUT2D eigenvalue weighted by Crippen LogP contribution is -2.31. The highest BCUT2D eigenvalue weighted by Gasteiger charge is 2.41. The first-order valence-corrected chi connectivity index (χ1v) is 12.5. The van der Waals surface area contributed by atoms with Gasteiger partial charge < -0.3 is 19.5 Å². The maximum Gasteiger partial charge on any atom is 0.305 e. The zero-order chi connectivity index (χ0) is 25.3. The van der Waals surface area contributed by atoms with Gasteiger partial charge in [0.25, 0.3) is 0 Å². The van der Waals surface area contributed by atoms with E-state index in [9.17, 15) is 4.79 Å². The molecule has 2 unspecified atom stereocenters. The third kappa shape index (κ3) is 4.82. The van der Waals surface area contributed by atoms with E-state index in [0.29, 0.717) is 24.5 Å². The lowest BCUT2D eigenvalue weighted by atomic mass is 9.96. The number of hydrogen-bond donors (Lipinski definition) is 1.